The van der Waals surface area contributed by atoms with Gasteiger partial charge in [0.05, 0.1) is 37.7 Å². The Kier molecular flexibility index (Phi) is 7.84. The van der Waals surface area contributed by atoms with Crippen LogP contribution in [0.15, 0.2) is 66.7 Å². The predicted molar refractivity (Wildman–Crippen MR) is 155 cm³/mol. The number of carbonyl (C=O) groups is 2. The number of piperidine rings is 1. The van der Waals surface area contributed by atoms with Crippen LogP contribution in [0, 0.1) is 0 Å². The average molecular weight is 527 g/mol. The Morgan fingerprint density at radius 2 is 1.62 bits per heavy atom. The van der Waals surface area contributed by atoms with Crippen LogP contribution < -0.4 is 25.0 Å². The molecule has 8 heteroatoms. The van der Waals surface area contributed by atoms with E-state index in [-0.39, 0.29) is 11.8 Å². The Morgan fingerprint density at radius 1 is 0.949 bits per heavy atom. The number of hydrogen-bond acceptors (Lipinski definition) is 6. The van der Waals surface area contributed by atoms with Crippen molar-refractivity contribution in [2.24, 2.45) is 0 Å². The lowest BCUT2D eigenvalue weighted by atomic mass is 9.99. The van der Waals surface area contributed by atoms with Crippen molar-refractivity contribution in [3.63, 3.8) is 0 Å². The van der Waals surface area contributed by atoms with Crippen molar-refractivity contribution >= 4 is 40.1 Å². The molecule has 2 heterocycles. The van der Waals surface area contributed by atoms with E-state index in [4.69, 9.17) is 9.47 Å². The largest absolute Gasteiger partial charge is 0.493 e. The van der Waals surface area contributed by atoms with Gasteiger partial charge in [-0.1, -0.05) is 36.8 Å². The SMILES string of the molecule is COc1cc2c(cc1OC)C(=C(Nc1ccc(N(C)C(=O)CN3CCCCC3)cc1)c1ccccc1)C(=O)N2. The average Bonchev–Trinajstić information content (AvgIpc) is 3.30. The molecular weight excluding hydrogens is 492 g/mol. The van der Waals surface area contributed by atoms with Gasteiger partial charge in [0.2, 0.25) is 5.91 Å². The quantitative estimate of drug-likeness (QED) is 0.398. The molecule has 0 atom stereocenters. The first-order valence-corrected chi connectivity index (χ1v) is 13.2. The third-order valence-corrected chi connectivity index (χ3v) is 7.29. The molecule has 0 unspecified atom stereocenters. The molecule has 5 rings (SSSR count). The molecule has 39 heavy (non-hydrogen) atoms. The number of likely N-dealkylation sites (tertiary alicyclic amines) is 1. The molecule has 0 aliphatic carbocycles. The van der Waals surface area contributed by atoms with Crippen molar-refractivity contribution in [2.75, 3.05) is 56.4 Å². The maximum atomic E-state index is 13.3. The zero-order chi connectivity index (χ0) is 27.4. The van der Waals surface area contributed by atoms with Crippen LogP contribution in [0.4, 0.5) is 17.1 Å². The normalized spacial score (nSPS) is 16.2. The van der Waals surface area contributed by atoms with Crippen LogP contribution in [0.2, 0.25) is 0 Å². The molecule has 2 N–H and O–H groups in total. The van der Waals surface area contributed by atoms with Gasteiger partial charge in [0, 0.05) is 30.1 Å². The summed E-state index contributed by atoms with van der Waals surface area (Å²) in [6, 6.07) is 21.0. The second kappa shape index (κ2) is 11.6. The number of nitrogens with one attached hydrogen (secondary N) is 2. The fraction of sp³-hybridized carbons (Fsp3) is 0.290. The highest BCUT2D eigenvalue weighted by molar-refractivity contribution is 6.37. The monoisotopic (exact) mass is 526 g/mol. The molecule has 3 aromatic rings. The van der Waals surface area contributed by atoms with Crippen molar-refractivity contribution in [1.82, 2.24) is 4.90 Å². The molecule has 2 aliphatic rings. The number of carbonyl (C=O) groups excluding carboxylic acids is 2. The van der Waals surface area contributed by atoms with E-state index in [9.17, 15) is 9.59 Å². The number of anilines is 3. The van der Waals surface area contributed by atoms with E-state index in [2.05, 4.69) is 15.5 Å². The van der Waals surface area contributed by atoms with Crippen LogP contribution in [-0.2, 0) is 9.59 Å². The van der Waals surface area contributed by atoms with Crippen LogP contribution >= 0.6 is 0 Å². The van der Waals surface area contributed by atoms with Crippen LogP contribution in [-0.4, -0.2) is 57.6 Å². The summed E-state index contributed by atoms with van der Waals surface area (Å²) in [6.45, 7) is 2.40. The van der Waals surface area contributed by atoms with Gasteiger partial charge in [-0.25, -0.2) is 0 Å². The van der Waals surface area contributed by atoms with E-state index in [1.165, 1.54) is 6.42 Å². The van der Waals surface area contributed by atoms with E-state index in [1.807, 2.05) is 67.7 Å². The molecule has 2 aliphatic heterocycles. The minimum atomic E-state index is -0.216. The third kappa shape index (κ3) is 5.61. The third-order valence-electron chi connectivity index (χ3n) is 7.29. The Bertz CT molecular complexity index is 1380. The van der Waals surface area contributed by atoms with Gasteiger partial charge in [0.15, 0.2) is 11.5 Å². The maximum absolute atomic E-state index is 13.3. The van der Waals surface area contributed by atoms with E-state index >= 15 is 0 Å². The molecule has 0 aromatic heterocycles. The Morgan fingerprint density at radius 3 is 2.28 bits per heavy atom. The summed E-state index contributed by atoms with van der Waals surface area (Å²) in [5.41, 5.74) is 5.04. The van der Waals surface area contributed by atoms with Crippen molar-refractivity contribution in [2.45, 2.75) is 19.3 Å². The van der Waals surface area contributed by atoms with Crippen molar-refractivity contribution in [3.8, 4) is 11.5 Å². The second-order valence-corrected chi connectivity index (χ2v) is 9.78. The zero-order valence-corrected chi connectivity index (χ0v) is 22.6. The first-order chi connectivity index (χ1) is 19.0. The fourth-order valence-corrected chi connectivity index (χ4v) is 5.10. The number of rotatable bonds is 8. The highest BCUT2D eigenvalue weighted by atomic mass is 16.5. The summed E-state index contributed by atoms with van der Waals surface area (Å²) in [4.78, 5) is 30.1. The van der Waals surface area contributed by atoms with Gasteiger partial charge in [-0.05, 0) is 61.8 Å². The Labute approximate surface area is 229 Å². The van der Waals surface area contributed by atoms with E-state index in [0.717, 1.165) is 48.4 Å². The summed E-state index contributed by atoms with van der Waals surface area (Å²) < 4.78 is 10.9. The van der Waals surface area contributed by atoms with Crippen molar-refractivity contribution in [3.05, 3.63) is 77.9 Å². The molecule has 0 bridgehead atoms. The van der Waals surface area contributed by atoms with Crippen LogP contribution in [0.3, 0.4) is 0 Å². The molecule has 1 fully saturated rings. The molecular formula is C31H34N4O4. The standard InChI is InChI=1S/C31H34N4O4/c1-34(28(36)20-35-16-8-5-9-17-35)23-14-12-22(13-15-23)32-30(21-10-6-4-7-11-21)29-24-18-26(38-2)27(39-3)19-25(24)33-31(29)37/h4,6-7,10-15,18-19,32H,5,8-9,16-17,20H2,1-3H3,(H,33,37). The number of methoxy groups -OCH3 is 2. The zero-order valence-electron chi connectivity index (χ0n) is 22.6. The lowest BCUT2D eigenvalue weighted by Gasteiger charge is -2.28. The number of amides is 2. The fourth-order valence-electron chi connectivity index (χ4n) is 5.10. The molecule has 202 valence electrons. The van der Waals surface area contributed by atoms with Crippen LogP contribution in [0.1, 0.15) is 30.4 Å². The second-order valence-electron chi connectivity index (χ2n) is 9.78. The van der Waals surface area contributed by atoms with Crippen LogP contribution in [0.25, 0.3) is 11.3 Å². The molecule has 8 nitrogen and oxygen atoms in total. The van der Waals surface area contributed by atoms with Crippen molar-refractivity contribution in [1.29, 1.82) is 0 Å². The molecule has 1 saturated heterocycles. The molecule has 0 spiro atoms. The van der Waals surface area contributed by atoms with Gasteiger partial charge in [0.25, 0.3) is 5.91 Å². The topological polar surface area (TPSA) is 83.1 Å². The minimum Gasteiger partial charge on any atom is -0.493 e. The van der Waals surface area contributed by atoms with Crippen molar-refractivity contribution < 1.29 is 19.1 Å². The number of ether oxygens (including phenoxy) is 2. The number of fused-ring (bicyclic) bond motifs is 1. The first-order valence-electron chi connectivity index (χ1n) is 13.2. The molecule has 0 saturated carbocycles. The van der Waals surface area contributed by atoms with Gasteiger partial charge in [-0.3, -0.25) is 14.5 Å². The molecule has 2 amide bonds. The Balaban J connectivity index is 1.44. The first kappa shape index (κ1) is 26.3. The summed E-state index contributed by atoms with van der Waals surface area (Å²) in [5.74, 6) is 0.945. The van der Waals surface area contributed by atoms with Gasteiger partial charge >= 0.3 is 0 Å². The smallest absolute Gasteiger partial charge is 0.258 e. The number of nitrogens with zero attached hydrogens (tertiary/aromatic N) is 2. The van der Waals surface area contributed by atoms with Gasteiger partial charge in [-0.15, -0.1) is 0 Å². The number of hydrogen-bond donors (Lipinski definition) is 2. The van der Waals surface area contributed by atoms with Gasteiger partial charge in [0.1, 0.15) is 0 Å². The summed E-state index contributed by atoms with van der Waals surface area (Å²) >= 11 is 0. The molecule has 0 radical (unpaired) electrons. The Hall–Kier alpha value is -4.30. The van der Waals surface area contributed by atoms with Gasteiger partial charge in [-0.2, -0.15) is 0 Å². The number of likely N-dealkylation sites (N-methyl/N-ethyl adjacent to an activating group) is 1. The predicted octanol–water partition coefficient (Wildman–Crippen LogP) is 5.09. The number of benzene rings is 3. The highest BCUT2D eigenvalue weighted by Crippen LogP contribution is 2.43. The van der Waals surface area contributed by atoms with E-state index in [1.54, 1.807) is 25.2 Å². The van der Waals surface area contributed by atoms with Crippen LogP contribution in [0.5, 0.6) is 11.5 Å². The summed E-state index contributed by atoms with van der Waals surface area (Å²) in [5, 5.41) is 6.43. The highest BCUT2D eigenvalue weighted by Gasteiger charge is 2.30. The summed E-state index contributed by atoms with van der Waals surface area (Å²) in [6.07, 6.45) is 3.55. The minimum absolute atomic E-state index is 0.0771. The lowest BCUT2D eigenvalue weighted by Crippen LogP contribution is -2.40. The maximum Gasteiger partial charge on any atom is 0.258 e. The summed E-state index contributed by atoms with van der Waals surface area (Å²) in [7, 11) is 4.95. The molecule has 3 aromatic carbocycles. The van der Waals surface area contributed by atoms with E-state index in [0.29, 0.717) is 35.0 Å². The van der Waals surface area contributed by atoms with Gasteiger partial charge < -0.3 is 25.0 Å². The van der Waals surface area contributed by atoms with E-state index < -0.39 is 0 Å². The lowest BCUT2D eigenvalue weighted by molar-refractivity contribution is -0.119.